The largest absolute Gasteiger partial charge is 0.393 e. The van der Waals surface area contributed by atoms with Gasteiger partial charge in [0.2, 0.25) is 0 Å². The van der Waals surface area contributed by atoms with Crippen LogP contribution in [0.3, 0.4) is 0 Å². The van der Waals surface area contributed by atoms with Gasteiger partial charge < -0.3 is 25.3 Å². The lowest BCUT2D eigenvalue weighted by Crippen LogP contribution is -2.51. The molecule has 2 aromatic heterocycles. The van der Waals surface area contributed by atoms with Crippen molar-refractivity contribution < 1.29 is 19.7 Å². The van der Waals surface area contributed by atoms with E-state index < -0.39 is 11.2 Å². The summed E-state index contributed by atoms with van der Waals surface area (Å²) in [5.41, 5.74) is 2.73. The number of aromatic nitrogens is 3. The van der Waals surface area contributed by atoms with Gasteiger partial charge in [0.1, 0.15) is 0 Å². The topological polar surface area (TPSA) is 133 Å². The highest BCUT2D eigenvalue weighted by Gasteiger charge is 2.45. The number of hydrogen-bond donors (Lipinski definition) is 4. The molecule has 9 heteroatoms. The van der Waals surface area contributed by atoms with Crippen molar-refractivity contribution in [1.82, 2.24) is 15.0 Å². The predicted molar refractivity (Wildman–Crippen MR) is 144 cm³/mol. The molecular weight excluding hydrogens is 470 g/mol. The quantitative estimate of drug-likeness (QED) is 0.393. The van der Waals surface area contributed by atoms with Crippen LogP contribution < -0.4 is 5.32 Å². The molecular formula is C28H39N5O4. The Morgan fingerprint density at radius 2 is 1.92 bits per heavy atom. The number of anilines is 1. The fourth-order valence-electron chi connectivity index (χ4n) is 5.39. The van der Waals surface area contributed by atoms with Crippen LogP contribution >= 0.6 is 0 Å². The number of amides is 1. The van der Waals surface area contributed by atoms with Crippen LogP contribution in [-0.4, -0.2) is 62.2 Å². The molecule has 200 valence electrons. The molecule has 1 aliphatic carbocycles. The molecule has 4 N–H and O–H groups in total. The van der Waals surface area contributed by atoms with Gasteiger partial charge in [-0.1, -0.05) is 19.9 Å². The fraction of sp³-hybridized carbons (Fsp3) is 0.571. The Morgan fingerprint density at radius 1 is 1.22 bits per heavy atom. The maximum Gasteiger partial charge on any atom is 0.291 e. The summed E-state index contributed by atoms with van der Waals surface area (Å²) in [6, 6.07) is 3.82. The zero-order valence-corrected chi connectivity index (χ0v) is 22.3. The van der Waals surface area contributed by atoms with Crippen molar-refractivity contribution >= 4 is 23.9 Å². The van der Waals surface area contributed by atoms with E-state index >= 15 is 0 Å². The van der Waals surface area contributed by atoms with Crippen LogP contribution in [0.1, 0.15) is 93.4 Å². The molecule has 1 fully saturated rings. The van der Waals surface area contributed by atoms with E-state index in [9.17, 15) is 15.0 Å². The monoisotopic (exact) mass is 509 g/mol. The molecule has 3 atom stereocenters. The minimum Gasteiger partial charge on any atom is -0.393 e. The third-order valence-corrected chi connectivity index (χ3v) is 7.50. The van der Waals surface area contributed by atoms with Crippen molar-refractivity contribution in [3.05, 3.63) is 47.3 Å². The van der Waals surface area contributed by atoms with Gasteiger partial charge in [0.15, 0.2) is 5.82 Å². The van der Waals surface area contributed by atoms with Crippen LogP contribution in [0.15, 0.2) is 29.4 Å². The van der Waals surface area contributed by atoms with Crippen LogP contribution in [0.25, 0.3) is 5.57 Å². The molecule has 3 heterocycles. The summed E-state index contributed by atoms with van der Waals surface area (Å²) in [6.45, 7) is 11.8. The first-order chi connectivity index (χ1) is 17.5. The van der Waals surface area contributed by atoms with E-state index in [1.165, 1.54) is 0 Å². The standard InChI is InChI=1S/C28H39N5O4/c1-26(2)10-8-18(9-11-26)23-22(33-25(36)24-30-15-20(31-24)14-29-5)7-6-21(32-23)19-12-27(3,16-34)37-28(4,13-19)17-35/h6-8,15,19,34-35H,5,9-14,16-17H2,1-4H3,(H,30,31)(H,33,36)/t19?,27-,28+. The number of imidazole rings is 1. The fourth-order valence-corrected chi connectivity index (χ4v) is 5.39. The molecule has 0 bridgehead atoms. The second-order valence-corrected chi connectivity index (χ2v) is 11.7. The molecule has 2 aromatic rings. The summed E-state index contributed by atoms with van der Waals surface area (Å²) < 4.78 is 6.11. The number of rotatable bonds is 8. The number of aliphatic hydroxyl groups is 2. The third kappa shape index (κ3) is 6.17. The van der Waals surface area contributed by atoms with E-state index in [2.05, 4.69) is 46.9 Å². The summed E-state index contributed by atoms with van der Waals surface area (Å²) in [5, 5.41) is 23.1. The smallest absolute Gasteiger partial charge is 0.291 e. The molecule has 1 saturated heterocycles. The number of carbonyl (C=O) groups excluding carboxylic acids is 1. The number of aromatic amines is 1. The number of aliphatic hydroxyl groups excluding tert-OH is 2. The second-order valence-electron chi connectivity index (χ2n) is 11.7. The first-order valence-corrected chi connectivity index (χ1v) is 12.9. The molecule has 4 rings (SSSR count). The Morgan fingerprint density at radius 3 is 2.51 bits per heavy atom. The zero-order valence-electron chi connectivity index (χ0n) is 22.3. The number of nitrogens with one attached hydrogen (secondary N) is 2. The van der Waals surface area contributed by atoms with Gasteiger partial charge in [-0.2, -0.15) is 0 Å². The number of allylic oxidation sites excluding steroid dienone is 2. The number of pyridine rings is 1. The van der Waals surface area contributed by atoms with Gasteiger partial charge in [-0.15, -0.1) is 0 Å². The molecule has 2 aliphatic rings. The van der Waals surface area contributed by atoms with Crippen molar-refractivity contribution in [2.24, 2.45) is 10.4 Å². The van der Waals surface area contributed by atoms with Crippen LogP contribution in [0, 0.1) is 5.41 Å². The zero-order chi connectivity index (χ0) is 26.8. The SMILES string of the molecule is C=NCc1cnc(C(=O)Nc2ccc(C3C[C@](C)(CO)O[C@](C)(CO)C3)nc2C2=CCC(C)(C)CC2)[nH]1. The van der Waals surface area contributed by atoms with Gasteiger partial charge in [0.05, 0.1) is 54.2 Å². The van der Waals surface area contributed by atoms with E-state index in [1.54, 1.807) is 6.20 Å². The predicted octanol–water partition coefficient (Wildman–Crippen LogP) is 4.25. The number of aliphatic imine (C=N–C) groups is 1. The summed E-state index contributed by atoms with van der Waals surface area (Å²) in [5.74, 6) is -0.171. The van der Waals surface area contributed by atoms with Crippen molar-refractivity contribution in [3.63, 3.8) is 0 Å². The summed E-state index contributed by atoms with van der Waals surface area (Å²) in [6.07, 6.45) is 7.78. The average Bonchev–Trinajstić information content (AvgIpc) is 3.33. The number of hydrogen-bond acceptors (Lipinski definition) is 7. The van der Waals surface area contributed by atoms with E-state index in [4.69, 9.17) is 9.72 Å². The van der Waals surface area contributed by atoms with Gasteiger partial charge in [-0.05, 0) is 75.8 Å². The van der Waals surface area contributed by atoms with E-state index in [1.807, 2.05) is 26.0 Å². The summed E-state index contributed by atoms with van der Waals surface area (Å²) >= 11 is 0. The molecule has 0 radical (unpaired) electrons. The average molecular weight is 510 g/mol. The lowest BCUT2D eigenvalue weighted by molar-refractivity contribution is -0.208. The molecule has 1 amide bonds. The first kappa shape index (κ1) is 27.2. The molecule has 1 unspecified atom stereocenters. The van der Waals surface area contributed by atoms with Gasteiger partial charge in [-0.25, -0.2) is 4.98 Å². The van der Waals surface area contributed by atoms with Gasteiger partial charge in [0.25, 0.3) is 5.91 Å². The van der Waals surface area contributed by atoms with Crippen LogP contribution in [-0.2, 0) is 11.3 Å². The molecule has 0 saturated carbocycles. The molecule has 9 nitrogen and oxygen atoms in total. The number of ether oxygens (including phenoxy) is 1. The van der Waals surface area contributed by atoms with Gasteiger partial charge >= 0.3 is 0 Å². The lowest BCUT2D eigenvalue weighted by atomic mass is 9.77. The molecule has 37 heavy (non-hydrogen) atoms. The van der Waals surface area contributed by atoms with E-state index in [0.29, 0.717) is 30.8 Å². The minimum atomic E-state index is -0.777. The van der Waals surface area contributed by atoms with Crippen molar-refractivity contribution in [2.45, 2.75) is 83.5 Å². The van der Waals surface area contributed by atoms with Gasteiger partial charge in [-0.3, -0.25) is 14.8 Å². The van der Waals surface area contributed by atoms with E-state index in [-0.39, 0.29) is 36.3 Å². The lowest BCUT2D eigenvalue weighted by Gasteiger charge is -2.47. The number of nitrogens with zero attached hydrogens (tertiary/aromatic N) is 3. The minimum absolute atomic E-state index is 0.0220. The maximum absolute atomic E-state index is 13.0. The Kier molecular flexibility index (Phi) is 7.69. The Labute approximate surface area is 218 Å². The van der Waals surface area contributed by atoms with Crippen molar-refractivity contribution in [2.75, 3.05) is 18.5 Å². The highest BCUT2D eigenvalue weighted by atomic mass is 16.5. The maximum atomic E-state index is 13.0. The Balaban J connectivity index is 1.69. The molecule has 0 aromatic carbocycles. The number of carbonyl (C=O) groups is 1. The Hall–Kier alpha value is -2.88. The summed E-state index contributed by atoms with van der Waals surface area (Å²) in [7, 11) is 0. The molecule has 0 spiro atoms. The first-order valence-electron chi connectivity index (χ1n) is 12.9. The number of H-pyrrole nitrogens is 1. The van der Waals surface area contributed by atoms with Crippen molar-refractivity contribution in [1.29, 1.82) is 0 Å². The van der Waals surface area contributed by atoms with Crippen LogP contribution in [0.5, 0.6) is 0 Å². The Bertz CT molecular complexity index is 1170. The highest BCUT2D eigenvalue weighted by molar-refractivity contribution is 6.03. The molecule has 1 aliphatic heterocycles. The van der Waals surface area contributed by atoms with Crippen molar-refractivity contribution in [3.8, 4) is 0 Å². The highest BCUT2D eigenvalue weighted by Crippen LogP contribution is 2.44. The van der Waals surface area contributed by atoms with Gasteiger partial charge in [0, 0.05) is 11.6 Å². The summed E-state index contributed by atoms with van der Waals surface area (Å²) in [4.78, 5) is 29.1. The second kappa shape index (κ2) is 10.5. The third-order valence-electron chi connectivity index (χ3n) is 7.50. The van der Waals surface area contributed by atoms with Crippen LogP contribution in [0.4, 0.5) is 5.69 Å². The normalized spacial score (nSPS) is 27.4. The van der Waals surface area contributed by atoms with E-state index in [0.717, 1.165) is 36.2 Å². The van der Waals surface area contributed by atoms with Crippen LogP contribution in [0.2, 0.25) is 0 Å².